The summed E-state index contributed by atoms with van der Waals surface area (Å²) in [6.07, 6.45) is 1.57. The van der Waals surface area contributed by atoms with E-state index in [9.17, 15) is 4.79 Å². The van der Waals surface area contributed by atoms with Crippen molar-refractivity contribution in [2.75, 3.05) is 6.61 Å². The number of carbonyl (C=O) groups is 1. The number of hydrogen-bond acceptors (Lipinski definition) is 7. The van der Waals surface area contributed by atoms with Gasteiger partial charge in [0.25, 0.3) is 11.1 Å². The zero-order chi connectivity index (χ0) is 17.8. The third-order valence-electron chi connectivity index (χ3n) is 3.59. The Morgan fingerprint density at radius 1 is 1.24 bits per heavy atom. The molecule has 0 saturated carbocycles. The van der Waals surface area contributed by atoms with Gasteiger partial charge in [0.15, 0.2) is 5.78 Å². The lowest BCUT2D eigenvalue weighted by Gasteiger charge is -2.08. The van der Waals surface area contributed by atoms with Crippen LogP contribution in [0.5, 0.6) is 5.75 Å². The van der Waals surface area contributed by atoms with E-state index in [1.165, 1.54) is 11.8 Å². The van der Waals surface area contributed by atoms with Crippen LogP contribution in [-0.4, -0.2) is 27.8 Å². The molecule has 0 aliphatic carbocycles. The van der Waals surface area contributed by atoms with E-state index in [1.54, 1.807) is 36.6 Å². The normalized spacial score (nSPS) is 12.1. The molecule has 130 valence electrons. The molecule has 0 fully saturated rings. The van der Waals surface area contributed by atoms with Gasteiger partial charge < -0.3 is 13.6 Å². The van der Waals surface area contributed by atoms with Gasteiger partial charge in [0.2, 0.25) is 0 Å². The van der Waals surface area contributed by atoms with Gasteiger partial charge in [-0.25, -0.2) is 0 Å². The van der Waals surface area contributed by atoms with Gasteiger partial charge in [0.1, 0.15) is 11.5 Å². The second-order valence-corrected chi connectivity index (χ2v) is 6.64. The average Bonchev–Trinajstić information content (AvgIpc) is 3.24. The number of nitrogens with zero attached hydrogens (tertiary/aromatic N) is 2. The van der Waals surface area contributed by atoms with Crippen LogP contribution >= 0.6 is 11.8 Å². The Hall–Kier alpha value is -2.54. The maximum atomic E-state index is 12.5. The summed E-state index contributed by atoms with van der Waals surface area (Å²) >= 11 is 1.23. The lowest BCUT2D eigenvalue weighted by atomic mass is 10.1. The Balaban J connectivity index is 1.67. The number of hydrogen-bond donors (Lipinski definition) is 0. The Labute approximate surface area is 149 Å². The second-order valence-electron chi connectivity index (χ2n) is 5.35. The van der Waals surface area contributed by atoms with E-state index in [4.69, 9.17) is 13.6 Å². The van der Waals surface area contributed by atoms with Crippen LogP contribution in [0.3, 0.4) is 0 Å². The van der Waals surface area contributed by atoms with Crippen molar-refractivity contribution in [3.8, 4) is 17.2 Å². The van der Waals surface area contributed by atoms with Crippen molar-refractivity contribution in [2.24, 2.45) is 0 Å². The molecular weight excluding hydrogens is 340 g/mol. The summed E-state index contributed by atoms with van der Waals surface area (Å²) < 4.78 is 16.2. The largest absolute Gasteiger partial charge is 0.494 e. The average molecular weight is 358 g/mol. The number of thioether (sulfide) groups is 1. The molecule has 0 aliphatic heterocycles. The molecule has 0 amide bonds. The van der Waals surface area contributed by atoms with Crippen LogP contribution in [0, 0.1) is 6.92 Å². The van der Waals surface area contributed by atoms with E-state index in [-0.39, 0.29) is 11.0 Å². The summed E-state index contributed by atoms with van der Waals surface area (Å²) in [4.78, 5) is 12.5. The fourth-order valence-corrected chi connectivity index (χ4v) is 3.06. The molecule has 3 aromatic rings. The van der Waals surface area contributed by atoms with Gasteiger partial charge in [-0.05, 0) is 51.1 Å². The molecule has 0 aliphatic rings. The number of rotatable bonds is 7. The fraction of sp³-hybridized carbons (Fsp3) is 0.278. The lowest BCUT2D eigenvalue weighted by Crippen LogP contribution is -2.13. The standard InChI is InChI=1S/C18H18N2O4S/c1-4-22-14-7-5-13(6-8-14)16(21)12(3)25-18-20-19-17(24-18)15-9-10-23-11(15)2/h5-10,12H,4H2,1-3H3. The molecule has 3 rings (SSSR count). The van der Waals surface area contributed by atoms with Crippen LogP contribution in [0.25, 0.3) is 11.5 Å². The van der Waals surface area contributed by atoms with Gasteiger partial charge in [-0.3, -0.25) is 4.79 Å². The molecule has 0 saturated heterocycles. The topological polar surface area (TPSA) is 78.4 Å². The monoisotopic (exact) mass is 358 g/mol. The predicted octanol–water partition coefficient (Wildman–Crippen LogP) is 4.40. The molecule has 0 bridgehead atoms. The minimum Gasteiger partial charge on any atom is -0.494 e. The first-order valence-corrected chi connectivity index (χ1v) is 8.78. The highest BCUT2D eigenvalue weighted by atomic mass is 32.2. The van der Waals surface area contributed by atoms with Crippen molar-refractivity contribution in [1.82, 2.24) is 10.2 Å². The SMILES string of the molecule is CCOc1ccc(C(=O)C(C)Sc2nnc(-c3ccoc3C)o2)cc1. The van der Waals surface area contributed by atoms with Crippen LogP contribution in [0.2, 0.25) is 0 Å². The smallest absolute Gasteiger partial charge is 0.277 e. The lowest BCUT2D eigenvalue weighted by molar-refractivity contribution is 0.0993. The van der Waals surface area contributed by atoms with E-state index in [0.29, 0.717) is 29.0 Å². The zero-order valence-electron chi connectivity index (χ0n) is 14.2. The Morgan fingerprint density at radius 3 is 2.64 bits per heavy atom. The number of aromatic nitrogens is 2. The third-order valence-corrected chi connectivity index (χ3v) is 4.53. The first-order chi connectivity index (χ1) is 12.1. The molecule has 7 heteroatoms. The fourth-order valence-electron chi connectivity index (χ4n) is 2.29. The van der Waals surface area contributed by atoms with Gasteiger partial charge in [-0.15, -0.1) is 10.2 Å². The molecule has 0 radical (unpaired) electrons. The first kappa shape index (κ1) is 17.3. The van der Waals surface area contributed by atoms with Crippen molar-refractivity contribution in [2.45, 2.75) is 31.2 Å². The summed E-state index contributed by atoms with van der Waals surface area (Å²) in [5.74, 6) is 1.83. The van der Waals surface area contributed by atoms with E-state index in [0.717, 1.165) is 11.3 Å². The third kappa shape index (κ3) is 3.93. The molecule has 6 nitrogen and oxygen atoms in total. The van der Waals surface area contributed by atoms with E-state index < -0.39 is 0 Å². The summed E-state index contributed by atoms with van der Waals surface area (Å²) in [6, 6.07) is 8.88. The zero-order valence-corrected chi connectivity index (χ0v) is 15.0. The second kappa shape index (κ2) is 7.57. The highest BCUT2D eigenvalue weighted by molar-refractivity contribution is 8.00. The number of furan rings is 1. The van der Waals surface area contributed by atoms with Gasteiger partial charge in [-0.1, -0.05) is 11.8 Å². The van der Waals surface area contributed by atoms with Crippen molar-refractivity contribution in [3.63, 3.8) is 0 Å². The molecule has 1 unspecified atom stereocenters. The van der Waals surface area contributed by atoms with Gasteiger partial charge in [0, 0.05) is 5.56 Å². The number of Topliss-reactive ketones (excluding diaryl/α,β-unsaturated/α-hetero) is 1. The van der Waals surface area contributed by atoms with Crippen LogP contribution in [0.15, 0.2) is 50.7 Å². The quantitative estimate of drug-likeness (QED) is 0.457. The van der Waals surface area contributed by atoms with E-state index >= 15 is 0 Å². The minimum absolute atomic E-state index is 0.00714. The van der Waals surface area contributed by atoms with Gasteiger partial charge in [0.05, 0.1) is 23.7 Å². The molecule has 2 aromatic heterocycles. The minimum atomic E-state index is -0.350. The number of ether oxygens (including phenoxy) is 1. The Morgan fingerprint density at radius 2 is 2.00 bits per heavy atom. The summed E-state index contributed by atoms with van der Waals surface area (Å²) in [5.41, 5.74) is 1.37. The molecule has 1 aromatic carbocycles. The molecule has 0 N–H and O–H groups in total. The molecule has 1 atom stereocenters. The maximum absolute atomic E-state index is 12.5. The molecule has 2 heterocycles. The van der Waals surface area contributed by atoms with Crippen molar-refractivity contribution in [1.29, 1.82) is 0 Å². The van der Waals surface area contributed by atoms with Crippen molar-refractivity contribution in [3.05, 3.63) is 47.9 Å². The number of aryl methyl sites for hydroxylation is 1. The summed E-state index contributed by atoms with van der Waals surface area (Å²) in [6.45, 7) is 6.15. The Kier molecular flexibility index (Phi) is 5.23. The molecular formula is C18H18N2O4S. The van der Waals surface area contributed by atoms with E-state index in [1.807, 2.05) is 20.8 Å². The maximum Gasteiger partial charge on any atom is 0.277 e. The highest BCUT2D eigenvalue weighted by Gasteiger charge is 2.21. The highest BCUT2D eigenvalue weighted by Crippen LogP contribution is 2.29. The molecule has 0 spiro atoms. The van der Waals surface area contributed by atoms with Crippen molar-refractivity contribution >= 4 is 17.5 Å². The summed E-state index contributed by atoms with van der Waals surface area (Å²) in [7, 11) is 0. The van der Waals surface area contributed by atoms with Crippen LogP contribution in [0.1, 0.15) is 30.0 Å². The van der Waals surface area contributed by atoms with Crippen LogP contribution in [0.4, 0.5) is 0 Å². The summed E-state index contributed by atoms with van der Waals surface area (Å²) in [5, 5.41) is 8.01. The van der Waals surface area contributed by atoms with Crippen molar-refractivity contribution < 1.29 is 18.4 Å². The van der Waals surface area contributed by atoms with Crippen LogP contribution in [-0.2, 0) is 0 Å². The van der Waals surface area contributed by atoms with E-state index in [2.05, 4.69) is 10.2 Å². The molecule has 25 heavy (non-hydrogen) atoms. The Bertz CT molecular complexity index is 854. The van der Waals surface area contributed by atoms with Crippen LogP contribution < -0.4 is 4.74 Å². The predicted molar refractivity (Wildman–Crippen MR) is 94.0 cm³/mol. The first-order valence-electron chi connectivity index (χ1n) is 7.90. The number of ketones is 1. The number of carbonyl (C=O) groups excluding carboxylic acids is 1. The van der Waals surface area contributed by atoms with Gasteiger partial charge in [-0.2, -0.15) is 0 Å². The number of benzene rings is 1. The van der Waals surface area contributed by atoms with Gasteiger partial charge >= 0.3 is 0 Å².